The van der Waals surface area contributed by atoms with Crippen molar-refractivity contribution in [2.45, 2.75) is 37.9 Å². The van der Waals surface area contributed by atoms with Gasteiger partial charge in [-0.2, -0.15) is 13.2 Å². The molecule has 0 aliphatic carbocycles. The van der Waals surface area contributed by atoms with Gasteiger partial charge in [-0.05, 0) is 18.6 Å². The van der Waals surface area contributed by atoms with Gasteiger partial charge in [0.1, 0.15) is 5.82 Å². The van der Waals surface area contributed by atoms with E-state index in [0.717, 1.165) is 0 Å². The molecule has 6 heteroatoms. The number of benzene rings is 1. The van der Waals surface area contributed by atoms with Crippen LogP contribution in [0, 0.1) is 0 Å². The van der Waals surface area contributed by atoms with Crippen molar-refractivity contribution in [3.05, 3.63) is 40.4 Å². The Morgan fingerprint density at radius 3 is 2.75 bits per heavy atom. The molecule has 3 rings (SSSR count). The van der Waals surface area contributed by atoms with Crippen molar-refractivity contribution in [2.24, 2.45) is 0 Å². The Balaban J connectivity index is 2.21. The lowest BCUT2D eigenvalue weighted by Gasteiger charge is -2.24. The molecular weight excluding hydrogens is 269 g/mol. The quantitative estimate of drug-likeness (QED) is 0.806. The second-order valence-electron chi connectivity index (χ2n) is 5.51. The highest BCUT2D eigenvalue weighted by Crippen LogP contribution is 2.41. The summed E-state index contributed by atoms with van der Waals surface area (Å²) < 4.78 is 39.6. The minimum absolute atomic E-state index is 0.249. The highest BCUT2D eigenvalue weighted by Gasteiger charge is 2.45. The molecule has 0 saturated heterocycles. The molecule has 106 valence electrons. The fourth-order valence-corrected chi connectivity index (χ4v) is 2.92. The van der Waals surface area contributed by atoms with Crippen molar-refractivity contribution in [3.63, 3.8) is 0 Å². The lowest BCUT2D eigenvalue weighted by molar-refractivity contribution is -0.147. The average molecular weight is 282 g/mol. The van der Waals surface area contributed by atoms with Crippen LogP contribution in [0.2, 0.25) is 0 Å². The van der Waals surface area contributed by atoms with Crippen LogP contribution in [-0.2, 0) is 12.0 Å². The first kappa shape index (κ1) is 13.1. The SMILES string of the molecule is CC1(CC(F)(F)F)CCn2c1nc1ccccc1c2=O. The third-order valence-electron chi connectivity index (χ3n) is 3.88. The summed E-state index contributed by atoms with van der Waals surface area (Å²) in [5.41, 5.74) is -0.919. The molecule has 1 atom stereocenters. The zero-order valence-electron chi connectivity index (χ0n) is 10.9. The van der Waals surface area contributed by atoms with Crippen molar-refractivity contribution < 1.29 is 13.2 Å². The van der Waals surface area contributed by atoms with Crippen LogP contribution in [0.5, 0.6) is 0 Å². The third kappa shape index (κ3) is 1.99. The monoisotopic (exact) mass is 282 g/mol. The van der Waals surface area contributed by atoms with Gasteiger partial charge in [0.25, 0.3) is 5.56 Å². The lowest BCUT2D eigenvalue weighted by Crippen LogP contribution is -2.30. The maximum atomic E-state index is 12.7. The number of hydrogen-bond donors (Lipinski definition) is 0. The van der Waals surface area contributed by atoms with Crippen LogP contribution in [0.3, 0.4) is 0 Å². The summed E-state index contributed by atoms with van der Waals surface area (Å²) >= 11 is 0. The highest BCUT2D eigenvalue weighted by atomic mass is 19.4. The molecule has 3 nitrogen and oxygen atoms in total. The fourth-order valence-electron chi connectivity index (χ4n) is 2.92. The smallest absolute Gasteiger partial charge is 0.296 e. The molecule has 1 aromatic heterocycles. The van der Waals surface area contributed by atoms with Crippen LogP contribution in [0.25, 0.3) is 10.9 Å². The number of rotatable bonds is 1. The first-order chi connectivity index (χ1) is 9.30. The van der Waals surface area contributed by atoms with Gasteiger partial charge >= 0.3 is 6.18 Å². The van der Waals surface area contributed by atoms with Crippen molar-refractivity contribution in [2.75, 3.05) is 0 Å². The average Bonchev–Trinajstić information content (AvgIpc) is 2.65. The Labute approximate surface area is 113 Å². The molecule has 0 spiro atoms. The van der Waals surface area contributed by atoms with Gasteiger partial charge in [0.15, 0.2) is 0 Å². The second kappa shape index (κ2) is 4.07. The number of nitrogens with zero attached hydrogens (tertiary/aromatic N) is 2. The maximum absolute atomic E-state index is 12.7. The summed E-state index contributed by atoms with van der Waals surface area (Å²) in [4.78, 5) is 16.6. The van der Waals surface area contributed by atoms with Crippen molar-refractivity contribution in [3.8, 4) is 0 Å². The van der Waals surface area contributed by atoms with Crippen LogP contribution < -0.4 is 5.56 Å². The fraction of sp³-hybridized carbons (Fsp3) is 0.429. The summed E-state index contributed by atoms with van der Waals surface area (Å²) in [6.07, 6.45) is -4.94. The molecule has 1 aromatic carbocycles. The highest BCUT2D eigenvalue weighted by molar-refractivity contribution is 5.77. The van der Waals surface area contributed by atoms with Gasteiger partial charge < -0.3 is 0 Å². The van der Waals surface area contributed by atoms with Gasteiger partial charge in [-0.15, -0.1) is 0 Å². The van der Waals surface area contributed by atoms with Crippen molar-refractivity contribution >= 4 is 10.9 Å². The van der Waals surface area contributed by atoms with E-state index in [2.05, 4.69) is 4.98 Å². The van der Waals surface area contributed by atoms with Crippen LogP contribution in [0.15, 0.2) is 29.1 Å². The normalized spacial score (nSPS) is 22.2. The van der Waals surface area contributed by atoms with E-state index in [1.807, 2.05) is 0 Å². The van der Waals surface area contributed by atoms with Gasteiger partial charge in [-0.1, -0.05) is 19.1 Å². The minimum Gasteiger partial charge on any atom is -0.296 e. The topological polar surface area (TPSA) is 34.9 Å². The first-order valence-electron chi connectivity index (χ1n) is 6.37. The lowest BCUT2D eigenvalue weighted by atomic mass is 9.84. The van der Waals surface area contributed by atoms with Crippen LogP contribution in [0.4, 0.5) is 13.2 Å². The van der Waals surface area contributed by atoms with Gasteiger partial charge in [0.2, 0.25) is 0 Å². The molecular formula is C14H13F3N2O. The molecule has 0 fully saturated rings. The van der Waals surface area contributed by atoms with Crippen molar-refractivity contribution in [1.29, 1.82) is 0 Å². The predicted octanol–water partition coefficient (Wildman–Crippen LogP) is 3.01. The number of aromatic nitrogens is 2. The summed E-state index contributed by atoms with van der Waals surface area (Å²) in [6.45, 7) is 1.82. The first-order valence-corrected chi connectivity index (χ1v) is 6.37. The molecule has 1 unspecified atom stereocenters. The summed E-state index contributed by atoms with van der Waals surface area (Å²) in [7, 11) is 0. The number of halogens is 3. The maximum Gasteiger partial charge on any atom is 0.390 e. The van der Waals surface area contributed by atoms with Gasteiger partial charge in [-0.3, -0.25) is 9.36 Å². The summed E-state index contributed by atoms with van der Waals surface area (Å²) in [5.74, 6) is 0.249. The third-order valence-corrected chi connectivity index (χ3v) is 3.88. The predicted molar refractivity (Wildman–Crippen MR) is 68.6 cm³/mol. The van der Waals surface area contributed by atoms with Crippen LogP contribution >= 0.6 is 0 Å². The summed E-state index contributed by atoms with van der Waals surface area (Å²) in [5, 5.41) is 0.451. The zero-order valence-corrected chi connectivity index (χ0v) is 10.9. The van der Waals surface area contributed by atoms with E-state index in [0.29, 0.717) is 17.4 Å². The van der Waals surface area contributed by atoms with Crippen LogP contribution in [0.1, 0.15) is 25.6 Å². The molecule has 0 amide bonds. The van der Waals surface area contributed by atoms with E-state index in [1.165, 1.54) is 11.5 Å². The Hall–Kier alpha value is -1.85. The molecule has 0 saturated carbocycles. The van der Waals surface area contributed by atoms with E-state index < -0.39 is 18.0 Å². The van der Waals surface area contributed by atoms with E-state index in [1.54, 1.807) is 24.3 Å². The van der Waals surface area contributed by atoms with Gasteiger partial charge in [-0.25, -0.2) is 4.98 Å². The van der Waals surface area contributed by atoms with Crippen LogP contribution in [-0.4, -0.2) is 15.7 Å². The molecule has 2 aromatic rings. The Bertz CT molecular complexity index is 735. The largest absolute Gasteiger partial charge is 0.390 e. The zero-order chi connectivity index (χ0) is 14.5. The second-order valence-corrected chi connectivity index (χ2v) is 5.51. The number of fused-ring (bicyclic) bond motifs is 2. The van der Waals surface area contributed by atoms with Gasteiger partial charge in [0, 0.05) is 12.0 Å². The minimum atomic E-state index is -4.27. The summed E-state index contributed by atoms with van der Waals surface area (Å²) in [6, 6.07) is 6.76. The molecule has 0 N–H and O–H groups in total. The standard InChI is InChI=1S/C14H13F3N2O/c1-13(8-14(15,16)17)6-7-19-11(20)9-4-2-3-5-10(9)18-12(13)19/h2-5H,6-8H2,1H3. The molecule has 0 bridgehead atoms. The van der Waals surface area contributed by atoms with Crippen molar-refractivity contribution in [1.82, 2.24) is 9.55 Å². The number of alkyl halides is 3. The van der Waals surface area contributed by atoms with E-state index in [4.69, 9.17) is 0 Å². The Morgan fingerprint density at radius 1 is 1.35 bits per heavy atom. The molecule has 0 radical (unpaired) electrons. The Kier molecular flexibility index (Phi) is 2.68. The number of para-hydroxylation sites is 1. The van der Waals surface area contributed by atoms with E-state index >= 15 is 0 Å². The number of hydrogen-bond acceptors (Lipinski definition) is 2. The molecule has 1 aliphatic heterocycles. The van der Waals surface area contributed by atoms with Gasteiger partial charge in [0.05, 0.1) is 17.3 Å². The molecule has 20 heavy (non-hydrogen) atoms. The molecule has 1 aliphatic rings. The van der Waals surface area contributed by atoms with E-state index in [9.17, 15) is 18.0 Å². The molecule has 2 heterocycles. The van der Waals surface area contributed by atoms with E-state index in [-0.39, 0.29) is 17.8 Å². The Morgan fingerprint density at radius 2 is 2.05 bits per heavy atom.